The maximum atomic E-state index is 6.73. The van der Waals surface area contributed by atoms with Gasteiger partial charge in [0.2, 0.25) is 11.1 Å². The van der Waals surface area contributed by atoms with Crippen molar-refractivity contribution in [3.8, 4) is 17.2 Å². The molecule has 2 atom stereocenters. The van der Waals surface area contributed by atoms with Crippen molar-refractivity contribution >= 4 is 23.4 Å². The van der Waals surface area contributed by atoms with E-state index in [1.165, 1.54) is 11.8 Å². The normalized spacial score (nSPS) is 17.9. The minimum absolute atomic E-state index is 0.226. The SMILES string of the molecule is COc1ccc(C2Oc3ccc(C)cc3C3=C2C(c2ccc(OC)cc2)n2nc(SC)nc2N3)cc1. The van der Waals surface area contributed by atoms with Gasteiger partial charge < -0.3 is 19.5 Å². The van der Waals surface area contributed by atoms with Crippen LogP contribution in [0.1, 0.15) is 34.4 Å². The fraction of sp³-hybridized carbons (Fsp3) is 0.214. The highest BCUT2D eigenvalue weighted by atomic mass is 32.2. The number of hydrogen-bond acceptors (Lipinski definition) is 7. The van der Waals surface area contributed by atoms with Crippen LogP contribution in [0.2, 0.25) is 0 Å². The number of aryl methyl sites for hydroxylation is 1. The molecule has 3 aromatic carbocycles. The standard InChI is InChI=1S/C28H26N4O3S/c1-16-5-14-22-21(15-16)24-23(26(35-22)18-8-12-20(34-3)13-9-18)25(17-6-10-19(33-2)11-7-17)32-27(29-24)30-28(31-32)36-4/h5-15,25-26H,1-4H3,(H,29,30,31). The highest BCUT2D eigenvalue weighted by Gasteiger charge is 2.41. The van der Waals surface area contributed by atoms with Gasteiger partial charge in [-0.3, -0.25) is 0 Å². The van der Waals surface area contributed by atoms with E-state index < -0.39 is 0 Å². The van der Waals surface area contributed by atoms with Crippen LogP contribution >= 0.6 is 11.8 Å². The molecule has 2 unspecified atom stereocenters. The zero-order valence-corrected chi connectivity index (χ0v) is 21.3. The summed E-state index contributed by atoms with van der Waals surface area (Å²) in [5.74, 6) is 3.15. The molecule has 6 rings (SSSR count). The van der Waals surface area contributed by atoms with Gasteiger partial charge in [-0.25, -0.2) is 4.68 Å². The van der Waals surface area contributed by atoms with Crippen LogP contribution in [-0.2, 0) is 0 Å². The van der Waals surface area contributed by atoms with E-state index in [0.29, 0.717) is 11.1 Å². The number of fused-ring (bicyclic) bond motifs is 3. The van der Waals surface area contributed by atoms with Gasteiger partial charge in [-0.15, -0.1) is 5.10 Å². The first-order chi connectivity index (χ1) is 17.6. The molecule has 8 heteroatoms. The molecule has 182 valence electrons. The highest BCUT2D eigenvalue weighted by Crippen LogP contribution is 2.51. The maximum Gasteiger partial charge on any atom is 0.227 e. The number of nitrogens with zero attached hydrogens (tertiary/aromatic N) is 3. The molecule has 0 aliphatic carbocycles. The fourth-order valence-corrected chi connectivity index (χ4v) is 5.22. The highest BCUT2D eigenvalue weighted by molar-refractivity contribution is 7.98. The van der Waals surface area contributed by atoms with Gasteiger partial charge in [0.25, 0.3) is 0 Å². The Bertz CT molecular complexity index is 1460. The second-order valence-corrected chi connectivity index (χ2v) is 9.54. The van der Waals surface area contributed by atoms with Gasteiger partial charge in [0.15, 0.2) is 0 Å². The lowest BCUT2D eigenvalue weighted by Gasteiger charge is -2.39. The number of aromatic nitrogens is 3. The van der Waals surface area contributed by atoms with Gasteiger partial charge >= 0.3 is 0 Å². The largest absolute Gasteiger partial charge is 0.497 e. The Kier molecular flexibility index (Phi) is 5.60. The molecule has 0 radical (unpaired) electrons. The summed E-state index contributed by atoms with van der Waals surface area (Å²) in [5.41, 5.74) is 6.37. The minimum atomic E-state index is -0.337. The van der Waals surface area contributed by atoms with E-state index >= 15 is 0 Å². The molecule has 0 saturated heterocycles. The monoisotopic (exact) mass is 498 g/mol. The number of benzene rings is 3. The van der Waals surface area contributed by atoms with Gasteiger partial charge in [-0.2, -0.15) is 4.98 Å². The van der Waals surface area contributed by atoms with E-state index in [1.807, 2.05) is 41.3 Å². The third-order valence-corrected chi connectivity index (χ3v) is 7.18. The molecular weight excluding hydrogens is 472 g/mol. The van der Waals surface area contributed by atoms with Crippen LogP contribution in [-0.4, -0.2) is 35.2 Å². The third kappa shape index (κ3) is 3.69. The topological polar surface area (TPSA) is 70.4 Å². The minimum Gasteiger partial charge on any atom is -0.497 e. The Balaban J connectivity index is 1.60. The van der Waals surface area contributed by atoms with Crippen LogP contribution in [0.5, 0.6) is 17.2 Å². The summed E-state index contributed by atoms with van der Waals surface area (Å²) in [5, 5.41) is 9.17. The maximum absolute atomic E-state index is 6.73. The Hall–Kier alpha value is -3.91. The lowest BCUT2D eigenvalue weighted by Crippen LogP contribution is -2.32. The van der Waals surface area contributed by atoms with Gasteiger partial charge in [0.05, 0.1) is 19.9 Å². The number of hydrogen-bond donors (Lipinski definition) is 1. The van der Waals surface area contributed by atoms with E-state index in [9.17, 15) is 0 Å². The Morgan fingerprint density at radius 2 is 1.58 bits per heavy atom. The molecule has 0 bridgehead atoms. The molecule has 1 N–H and O–H groups in total. The van der Waals surface area contributed by atoms with Crippen molar-refractivity contribution in [2.24, 2.45) is 0 Å². The van der Waals surface area contributed by atoms with Crippen molar-refractivity contribution in [3.63, 3.8) is 0 Å². The summed E-state index contributed by atoms with van der Waals surface area (Å²) in [6.45, 7) is 2.09. The predicted octanol–water partition coefficient (Wildman–Crippen LogP) is 5.89. The Labute approximate surface area is 214 Å². The average Bonchev–Trinajstić information content (AvgIpc) is 3.35. The van der Waals surface area contributed by atoms with Crippen molar-refractivity contribution in [2.45, 2.75) is 24.2 Å². The zero-order valence-electron chi connectivity index (χ0n) is 20.5. The fourth-order valence-electron chi connectivity index (χ4n) is 4.87. The van der Waals surface area contributed by atoms with E-state index in [0.717, 1.165) is 50.8 Å². The van der Waals surface area contributed by atoms with Crippen LogP contribution < -0.4 is 19.5 Å². The predicted molar refractivity (Wildman–Crippen MR) is 141 cm³/mol. The Morgan fingerprint density at radius 1 is 0.917 bits per heavy atom. The van der Waals surface area contributed by atoms with Crippen molar-refractivity contribution in [2.75, 3.05) is 25.8 Å². The molecule has 0 fully saturated rings. The summed E-state index contributed by atoms with van der Waals surface area (Å²) in [4.78, 5) is 4.77. The summed E-state index contributed by atoms with van der Waals surface area (Å²) in [6, 6.07) is 22.2. The van der Waals surface area contributed by atoms with Crippen molar-refractivity contribution < 1.29 is 14.2 Å². The van der Waals surface area contributed by atoms with Crippen molar-refractivity contribution in [1.82, 2.24) is 14.8 Å². The number of methoxy groups -OCH3 is 2. The summed E-state index contributed by atoms with van der Waals surface area (Å²) in [7, 11) is 3.35. The van der Waals surface area contributed by atoms with Crippen molar-refractivity contribution in [3.05, 3.63) is 94.6 Å². The number of rotatable bonds is 5. The molecule has 7 nitrogen and oxygen atoms in total. The molecule has 2 aliphatic heterocycles. The third-order valence-electron chi connectivity index (χ3n) is 6.64. The molecule has 4 aromatic rings. The van der Waals surface area contributed by atoms with Gasteiger partial charge in [-0.1, -0.05) is 47.7 Å². The van der Waals surface area contributed by atoms with E-state index in [2.05, 4.69) is 48.6 Å². The van der Waals surface area contributed by atoms with Gasteiger partial charge in [0, 0.05) is 11.1 Å². The van der Waals surface area contributed by atoms with Crippen LogP contribution in [0.4, 0.5) is 5.95 Å². The first-order valence-corrected chi connectivity index (χ1v) is 12.9. The van der Waals surface area contributed by atoms with Crippen LogP contribution in [0.15, 0.2) is 77.5 Å². The first-order valence-electron chi connectivity index (χ1n) is 11.7. The van der Waals surface area contributed by atoms with Crippen LogP contribution in [0, 0.1) is 6.92 Å². The summed E-state index contributed by atoms with van der Waals surface area (Å²) >= 11 is 1.52. The summed E-state index contributed by atoms with van der Waals surface area (Å²) < 4.78 is 19.5. The number of anilines is 1. The molecular formula is C28H26N4O3S. The molecule has 0 spiro atoms. The molecule has 1 aromatic heterocycles. The van der Waals surface area contributed by atoms with Gasteiger partial charge in [-0.05, 0) is 60.7 Å². The molecule has 3 heterocycles. The van der Waals surface area contributed by atoms with E-state index in [4.69, 9.17) is 24.3 Å². The molecule has 2 aliphatic rings. The summed E-state index contributed by atoms with van der Waals surface area (Å²) in [6.07, 6.45) is 1.65. The van der Waals surface area contributed by atoms with Gasteiger partial charge in [0.1, 0.15) is 29.4 Å². The average molecular weight is 499 g/mol. The molecule has 0 amide bonds. The lowest BCUT2D eigenvalue weighted by molar-refractivity contribution is 0.222. The van der Waals surface area contributed by atoms with E-state index in [1.54, 1.807) is 14.2 Å². The number of ether oxygens (including phenoxy) is 3. The van der Waals surface area contributed by atoms with Crippen molar-refractivity contribution in [1.29, 1.82) is 0 Å². The second kappa shape index (κ2) is 8.95. The van der Waals surface area contributed by atoms with Crippen LogP contribution in [0.3, 0.4) is 0 Å². The smallest absolute Gasteiger partial charge is 0.227 e. The Morgan fingerprint density at radius 3 is 2.22 bits per heavy atom. The number of thioether (sulfide) groups is 1. The number of nitrogens with one attached hydrogen (secondary N) is 1. The zero-order chi connectivity index (χ0) is 24.8. The lowest BCUT2D eigenvalue weighted by atomic mass is 9.84. The molecule has 0 saturated carbocycles. The second-order valence-electron chi connectivity index (χ2n) is 8.77. The van der Waals surface area contributed by atoms with E-state index in [-0.39, 0.29) is 12.1 Å². The quantitative estimate of drug-likeness (QED) is 0.344. The molecule has 36 heavy (non-hydrogen) atoms. The van der Waals surface area contributed by atoms with Crippen LogP contribution in [0.25, 0.3) is 5.70 Å². The first kappa shape index (κ1) is 22.5.